The zero-order valence-electron chi connectivity index (χ0n) is 9.22. The standard InChI is InChI=1S/C11H12BrNO3S/c1-8-2-4-9(5-3-8)17(15,16)13-6-10(12)11(14)7-13/h2-5,14H,6-7H2,1H3. The van der Waals surface area contributed by atoms with Gasteiger partial charge in [-0.15, -0.1) is 0 Å². The number of hydrogen-bond donors (Lipinski definition) is 1. The molecule has 0 saturated carbocycles. The highest BCUT2D eigenvalue weighted by molar-refractivity contribution is 9.11. The predicted octanol–water partition coefficient (Wildman–Crippen LogP) is 2.16. The maximum Gasteiger partial charge on any atom is 0.243 e. The second kappa shape index (κ2) is 4.44. The lowest BCUT2D eigenvalue weighted by Crippen LogP contribution is -2.29. The Morgan fingerprint density at radius 2 is 1.82 bits per heavy atom. The molecule has 1 N–H and O–H groups in total. The first kappa shape index (κ1) is 12.6. The summed E-state index contributed by atoms with van der Waals surface area (Å²) in [6, 6.07) is 6.67. The molecule has 0 aromatic heterocycles. The fourth-order valence-electron chi connectivity index (χ4n) is 1.58. The third-order valence-corrected chi connectivity index (χ3v) is 5.13. The minimum atomic E-state index is -3.52. The van der Waals surface area contributed by atoms with Gasteiger partial charge in [0, 0.05) is 11.0 Å². The van der Waals surface area contributed by atoms with Crippen molar-refractivity contribution >= 4 is 26.0 Å². The highest BCUT2D eigenvalue weighted by atomic mass is 79.9. The number of hydrogen-bond acceptors (Lipinski definition) is 3. The van der Waals surface area contributed by atoms with E-state index in [0.717, 1.165) is 5.56 Å². The molecule has 6 heteroatoms. The van der Waals surface area contributed by atoms with E-state index in [1.165, 1.54) is 4.31 Å². The number of rotatable bonds is 2. The lowest BCUT2D eigenvalue weighted by Gasteiger charge is -2.15. The van der Waals surface area contributed by atoms with Crippen molar-refractivity contribution in [1.29, 1.82) is 0 Å². The quantitative estimate of drug-likeness (QED) is 0.909. The first-order valence-corrected chi connectivity index (χ1v) is 7.28. The van der Waals surface area contributed by atoms with Gasteiger partial charge in [-0.05, 0) is 19.1 Å². The van der Waals surface area contributed by atoms with Crippen LogP contribution in [0.2, 0.25) is 0 Å². The fraction of sp³-hybridized carbons (Fsp3) is 0.273. The van der Waals surface area contributed by atoms with Crippen molar-refractivity contribution in [2.75, 3.05) is 13.1 Å². The van der Waals surface area contributed by atoms with Crippen molar-refractivity contribution < 1.29 is 13.5 Å². The molecule has 0 bridgehead atoms. The Balaban J connectivity index is 2.30. The number of aliphatic hydroxyl groups excluding tert-OH is 1. The summed E-state index contributed by atoms with van der Waals surface area (Å²) >= 11 is 3.14. The summed E-state index contributed by atoms with van der Waals surface area (Å²) in [6.07, 6.45) is 0. The minimum absolute atomic E-state index is 0.0246. The van der Waals surface area contributed by atoms with Crippen molar-refractivity contribution in [2.24, 2.45) is 0 Å². The molecule has 0 saturated heterocycles. The van der Waals surface area contributed by atoms with Crippen LogP contribution in [0.1, 0.15) is 5.56 Å². The van der Waals surface area contributed by atoms with Gasteiger partial charge in [-0.1, -0.05) is 33.6 Å². The van der Waals surface area contributed by atoms with Gasteiger partial charge in [0.2, 0.25) is 10.0 Å². The first-order chi connectivity index (χ1) is 7.91. The average molecular weight is 318 g/mol. The Morgan fingerprint density at radius 3 is 2.29 bits per heavy atom. The molecule has 0 aliphatic carbocycles. The summed E-state index contributed by atoms with van der Waals surface area (Å²) < 4.78 is 26.2. The third kappa shape index (κ3) is 2.38. The number of nitrogens with zero attached hydrogens (tertiary/aromatic N) is 1. The molecule has 92 valence electrons. The largest absolute Gasteiger partial charge is 0.510 e. The third-order valence-electron chi connectivity index (χ3n) is 2.61. The zero-order chi connectivity index (χ0) is 12.6. The number of benzene rings is 1. The summed E-state index contributed by atoms with van der Waals surface area (Å²) in [6.45, 7) is 2.11. The number of aryl methyl sites for hydroxylation is 1. The zero-order valence-corrected chi connectivity index (χ0v) is 11.6. The van der Waals surface area contributed by atoms with Gasteiger partial charge in [0.1, 0.15) is 5.76 Å². The predicted molar refractivity (Wildman–Crippen MR) is 68.5 cm³/mol. The topological polar surface area (TPSA) is 57.6 Å². The minimum Gasteiger partial charge on any atom is -0.510 e. The molecule has 0 fully saturated rings. The van der Waals surface area contributed by atoms with Gasteiger partial charge in [-0.3, -0.25) is 0 Å². The maximum absolute atomic E-state index is 12.2. The van der Waals surface area contributed by atoms with Crippen LogP contribution in [0.15, 0.2) is 39.4 Å². The van der Waals surface area contributed by atoms with E-state index >= 15 is 0 Å². The van der Waals surface area contributed by atoms with E-state index in [4.69, 9.17) is 0 Å². The summed E-state index contributed by atoms with van der Waals surface area (Å²) in [5.74, 6) is 0.0701. The highest BCUT2D eigenvalue weighted by Crippen LogP contribution is 2.26. The summed E-state index contributed by atoms with van der Waals surface area (Å²) in [4.78, 5) is 0.248. The SMILES string of the molecule is Cc1ccc(S(=O)(=O)N2CC(O)=C(Br)C2)cc1. The van der Waals surface area contributed by atoms with Crippen LogP contribution in [0.25, 0.3) is 0 Å². The number of halogens is 1. The Labute approximate surface area is 109 Å². The lowest BCUT2D eigenvalue weighted by molar-refractivity contribution is 0.374. The van der Waals surface area contributed by atoms with Gasteiger partial charge >= 0.3 is 0 Å². The van der Waals surface area contributed by atoms with Crippen molar-refractivity contribution in [3.8, 4) is 0 Å². The molecule has 4 nitrogen and oxygen atoms in total. The maximum atomic E-state index is 12.2. The molecule has 0 amide bonds. The molecular weight excluding hydrogens is 306 g/mol. The van der Waals surface area contributed by atoms with Crippen LogP contribution in [-0.4, -0.2) is 30.9 Å². The highest BCUT2D eigenvalue weighted by Gasteiger charge is 2.31. The summed E-state index contributed by atoms with van der Waals surface area (Å²) in [7, 11) is -3.52. The van der Waals surface area contributed by atoms with Crippen molar-refractivity contribution in [3.05, 3.63) is 40.1 Å². The van der Waals surface area contributed by atoms with Crippen LogP contribution in [0, 0.1) is 6.92 Å². The van der Waals surface area contributed by atoms with Gasteiger partial charge in [-0.25, -0.2) is 8.42 Å². The van der Waals surface area contributed by atoms with Crippen LogP contribution in [0.4, 0.5) is 0 Å². The molecule has 1 aliphatic heterocycles. The molecule has 1 aliphatic rings. The van der Waals surface area contributed by atoms with E-state index in [0.29, 0.717) is 4.48 Å². The van der Waals surface area contributed by atoms with Gasteiger partial charge in [-0.2, -0.15) is 4.31 Å². The fourth-order valence-corrected chi connectivity index (χ4v) is 3.55. The van der Waals surface area contributed by atoms with Crippen molar-refractivity contribution in [3.63, 3.8) is 0 Å². The molecule has 0 spiro atoms. The lowest BCUT2D eigenvalue weighted by atomic mass is 10.2. The number of sulfonamides is 1. The van der Waals surface area contributed by atoms with E-state index in [1.807, 2.05) is 6.92 Å². The number of aliphatic hydroxyl groups is 1. The van der Waals surface area contributed by atoms with E-state index in [-0.39, 0.29) is 23.7 Å². The summed E-state index contributed by atoms with van der Waals surface area (Å²) in [5, 5.41) is 9.45. The van der Waals surface area contributed by atoms with Gasteiger partial charge in [0.05, 0.1) is 11.4 Å². The van der Waals surface area contributed by atoms with Crippen LogP contribution in [-0.2, 0) is 10.0 Å². The van der Waals surface area contributed by atoms with E-state index in [9.17, 15) is 13.5 Å². The molecule has 17 heavy (non-hydrogen) atoms. The monoisotopic (exact) mass is 317 g/mol. The first-order valence-electron chi connectivity index (χ1n) is 5.04. The van der Waals surface area contributed by atoms with E-state index < -0.39 is 10.0 Å². The Bertz CT molecular complexity index is 549. The van der Waals surface area contributed by atoms with E-state index in [1.54, 1.807) is 24.3 Å². The molecule has 0 radical (unpaired) electrons. The van der Waals surface area contributed by atoms with Crippen LogP contribution in [0.3, 0.4) is 0 Å². The second-order valence-corrected chi connectivity index (χ2v) is 6.83. The van der Waals surface area contributed by atoms with Crippen LogP contribution < -0.4 is 0 Å². The molecule has 1 aromatic carbocycles. The molecular formula is C11H12BrNO3S. The van der Waals surface area contributed by atoms with Gasteiger partial charge in [0.25, 0.3) is 0 Å². The normalized spacial score (nSPS) is 17.8. The molecule has 1 heterocycles. The van der Waals surface area contributed by atoms with Gasteiger partial charge in [0.15, 0.2) is 0 Å². The van der Waals surface area contributed by atoms with Crippen molar-refractivity contribution in [2.45, 2.75) is 11.8 Å². The molecule has 0 atom stereocenters. The smallest absolute Gasteiger partial charge is 0.243 e. The van der Waals surface area contributed by atoms with Crippen LogP contribution in [0.5, 0.6) is 0 Å². The summed E-state index contributed by atoms with van der Waals surface area (Å²) in [5.41, 5.74) is 1.01. The van der Waals surface area contributed by atoms with E-state index in [2.05, 4.69) is 15.9 Å². The Hall–Kier alpha value is -0.850. The van der Waals surface area contributed by atoms with Gasteiger partial charge < -0.3 is 5.11 Å². The van der Waals surface area contributed by atoms with Crippen LogP contribution >= 0.6 is 15.9 Å². The molecule has 0 unspecified atom stereocenters. The Kier molecular flexibility index (Phi) is 3.29. The molecule has 2 rings (SSSR count). The second-order valence-electron chi connectivity index (χ2n) is 3.94. The average Bonchev–Trinajstić information content (AvgIpc) is 2.60. The Morgan fingerprint density at radius 1 is 1.24 bits per heavy atom. The van der Waals surface area contributed by atoms with Crippen molar-refractivity contribution in [1.82, 2.24) is 4.31 Å². The molecule has 1 aromatic rings.